The Bertz CT molecular complexity index is 876. The highest BCUT2D eigenvalue weighted by atomic mass is 16.4. The third kappa shape index (κ3) is 2.40. The molecule has 1 aliphatic carbocycles. The summed E-state index contributed by atoms with van der Waals surface area (Å²) < 4.78 is 0. The number of nitrogens with one attached hydrogen (secondary N) is 1. The van der Waals surface area contributed by atoms with Crippen LogP contribution in [0.15, 0.2) is 42.7 Å². The van der Waals surface area contributed by atoms with Gasteiger partial charge < -0.3 is 10.1 Å². The molecule has 4 nitrogen and oxygen atoms in total. The van der Waals surface area contributed by atoms with Gasteiger partial charge in [0.25, 0.3) is 0 Å². The molecule has 0 bridgehead atoms. The van der Waals surface area contributed by atoms with E-state index in [1.165, 1.54) is 12.8 Å². The molecule has 4 heteroatoms. The molecule has 0 aliphatic heterocycles. The molecular weight excluding hydrogens is 288 g/mol. The Balaban J connectivity index is 1.86. The lowest BCUT2D eigenvalue weighted by Crippen LogP contribution is -2.05. The topological polar surface area (TPSA) is 66.0 Å². The van der Waals surface area contributed by atoms with E-state index in [1.807, 2.05) is 24.4 Å². The summed E-state index contributed by atoms with van der Waals surface area (Å²) in [6.45, 7) is 0. The largest absolute Gasteiger partial charge is 0.478 e. The van der Waals surface area contributed by atoms with Gasteiger partial charge in [0.05, 0.1) is 5.56 Å². The van der Waals surface area contributed by atoms with Gasteiger partial charge in [0.2, 0.25) is 0 Å². The van der Waals surface area contributed by atoms with Gasteiger partial charge in [-0.05, 0) is 54.2 Å². The molecule has 1 aliphatic rings. The van der Waals surface area contributed by atoms with Gasteiger partial charge in [-0.25, -0.2) is 9.78 Å². The molecule has 2 aromatic heterocycles. The van der Waals surface area contributed by atoms with Crippen molar-refractivity contribution in [1.29, 1.82) is 0 Å². The van der Waals surface area contributed by atoms with E-state index in [0.29, 0.717) is 11.5 Å². The monoisotopic (exact) mass is 306 g/mol. The maximum atomic E-state index is 11.6. The number of fused-ring (bicyclic) bond motifs is 1. The number of carboxylic acid groups (broad SMARTS) is 1. The summed E-state index contributed by atoms with van der Waals surface area (Å²) in [5.41, 5.74) is 4.40. The highest BCUT2D eigenvalue weighted by Crippen LogP contribution is 2.38. The molecule has 1 fully saturated rings. The van der Waals surface area contributed by atoms with Gasteiger partial charge in [0.1, 0.15) is 5.65 Å². The van der Waals surface area contributed by atoms with Crippen LogP contribution in [0.2, 0.25) is 0 Å². The summed E-state index contributed by atoms with van der Waals surface area (Å²) in [6, 6.07) is 9.67. The predicted molar refractivity (Wildman–Crippen MR) is 89.7 cm³/mol. The standard InChI is InChI=1S/C19H18N2O2/c22-19(23)15-8-7-13(10-16(15)12-4-1-2-5-12)17-11-21-18-14(17)6-3-9-20-18/h3,6-12H,1-2,4-5H2,(H,20,21)(H,22,23). The molecule has 4 rings (SSSR count). The van der Waals surface area contributed by atoms with Gasteiger partial charge in [-0.1, -0.05) is 18.9 Å². The Morgan fingerprint density at radius 1 is 1.22 bits per heavy atom. The van der Waals surface area contributed by atoms with Gasteiger partial charge in [-0.2, -0.15) is 0 Å². The quantitative estimate of drug-likeness (QED) is 0.744. The van der Waals surface area contributed by atoms with E-state index in [0.717, 1.165) is 40.6 Å². The molecule has 0 unspecified atom stereocenters. The van der Waals surface area contributed by atoms with E-state index >= 15 is 0 Å². The van der Waals surface area contributed by atoms with Crippen molar-refractivity contribution in [3.8, 4) is 11.1 Å². The van der Waals surface area contributed by atoms with Crippen molar-refractivity contribution in [3.63, 3.8) is 0 Å². The van der Waals surface area contributed by atoms with Crippen LogP contribution in [0.25, 0.3) is 22.2 Å². The predicted octanol–water partition coefficient (Wildman–Crippen LogP) is 4.59. The van der Waals surface area contributed by atoms with Crippen LogP contribution in [0.1, 0.15) is 47.5 Å². The fraction of sp³-hybridized carbons (Fsp3) is 0.263. The van der Waals surface area contributed by atoms with E-state index in [1.54, 1.807) is 12.3 Å². The van der Waals surface area contributed by atoms with Crippen LogP contribution in [-0.4, -0.2) is 21.0 Å². The summed E-state index contributed by atoms with van der Waals surface area (Å²) in [6.07, 6.45) is 8.25. The number of nitrogens with zero attached hydrogens (tertiary/aromatic N) is 1. The lowest BCUT2D eigenvalue weighted by atomic mass is 9.89. The summed E-state index contributed by atoms with van der Waals surface area (Å²) in [7, 11) is 0. The van der Waals surface area contributed by atoms with E-state index < -0.39 is 5.97 Å². The molecule has 3 aromatic rings. The van der Waals surface area contributed by atoms with Crippen molar-refractivity contribution in [2.45, 2.75) is 31.6 Å². The molecule has 0 radical (unpaired) electrons. The maximum absolute atomic E-state index is 11.6. The normalized spacial score (nSPS) is 15.3. The van der Waals surface area contributed by atoms with Crippen LogP contribution in [-0.2, 0) is 0 Å². The van der Waals surface area contributed by atoms with Crippen molar-refractivity contribution < 1.29 is 9.90 Å². The molecule has 0 saturated heterocycles. The number of aromatic nitrogens is 2. The first-order valence-corrected chi connectivity index (χ1v) is 8.04. The van der Waals surface area contributed by atoms with Crippen LogP contribution in [0, 0.1) is 0 Å². The zero-order valence-electron chi connectivity index (χ0n) is 12.7. The average Bonchev–Trinajstić information content (AvgIpc) is 3.24. The highest BCUT2D eigenvalue weighted by molar-refractivity contribution is 5.95. The van der Waals surface area contributed by atoms with Gasteiger partial charge >= 0.3 is 5.97 Å². The molecule has 23 heavy (non-hydrogen) atoms. The van der Waals surface area contributed by atoms with Crippen LogP contribution in [0.4, 0.5) is 0 Å². The van der Waals surface area contributed by atoms with Crippen molar-refractivity contribution >= 4 is 17.0 Å². The van der Waals surface area contributed by atoms with Crippen molar-refractivity contribution in [1.82, 2.24) is 9.97 Å². The smallest absolute Gasteiger partial charge is 0.335 e. The molecular formula is C19H18N2O2. The van der Waals surface area contributed by atoms with Crippen LogP contribution < -0.4 is 0 Å². The van der Waals surface area contributed by atoms with Gasteiger partial charge in [-0.15, -0.1) is 0 Å². The first-order chi connectivity index (χ1) is 11.2. The van der Waals surface area contributed by atoms with Crippen LogP contribution in [0.5, 0.6) is 0 Å². The summed E-state index contributed by atoms with van der Waals surface area (Å²) in [5.74, 6) is -0.469. The van der Waals surface area contributed by atoms with E-state index in [4.69, 9.17) is 0 Å². The first-order valence-electron chi connectivity index (χ1n) is 8.04. The number of pyridine rings is 1. The van der Waals surface area contributed by atoms with Crippen molar-refractivity contribution in [3.05, 3.63) is 53.9 Å². The number of H-pyrrole nitrogens is 1. The van der Waals surface area contributed by atoms with Crippen LogP contribution in [0.3, 0.4) is 0 Å². The van der Waals surface area contributed by atoms with Crippen LogP contribution >= 0.6 is 0 Å². The number of aromatic amines is 1. The second kappa shape index (κ2) is 5.54. The molecule has 0 amide bonds. The fourth-order valence-electron chi connectivity index (χ4n) is 3.69. The lowest BCUT2D eigenvalue weighted by molar-refractivity contribution is 0.0695. The second-order valence-corrected chi connectivity index (χ2v) is 6.19. The molecule has 2 heterocycles. The molecule has 116 valence electrons. The SMILES string of the molecule is O=C(O)c1ccc(-c2c[nH]c3ncccc23)cc1C1CCCC1. The van der Waals surface area contributed by atoms with Gasteiger partial charge in [0.15, 0.2) is 0 Å². The third-order valence-corrected chi connectivity index (χ3v) is 4.84. The molecule has 0 spiro atoms. The van der Waals surface area contributed by atoms with E-state index in [9.17, 15) is 9.90 Å². The molecule has 0 atom stereocenters. The van der Waals surface area contributed by atoms with Crippen molar-refractivity contribution in [2.24, 2.45) is 0 Å². The first kappa shape index (κ1) is 14.0. The summed E-state index contributed by atoms with van der Waals surface area (Å²) in [4.78, 5) is 19.1. The number of benzene rings is 1. The number of aromatic carboxylic acids is 1. The maximum Gasteiger partial charge on any atom is 0.335 e. The fourth-order valence-corrected chi connectivity index (χ4v) is 3.69. The Hall–Kier alpha value is -2.62. The molecule has 2 N–H and O–H groups in total. The Kier molecular flexibility index (Phi) is 3.37. The minimum Gasteiger partial charge on any atom is -0.478 e. The Labute approximate surface area is 134 Å². The number of carbonyl (C=O) groups is 1. The van der Waals surface area contributed by atoms with Gasteiger partial charge in [-0.3, -0.25) is 0 Å². The number of carboxylic acids is 1. The minimum absolute atomic E-state index is 0.365. The zero-order valence-corrected chi connectivity index (χ0v) is 12.7. The van der Waals surface area contributed by atoms with E-state index in [-0.39, 0.29) is 0 Å². The average molecular weight is 306 g/mol. The summed E-state index contributed by atoms with van der Waals surface area (Å²) >= 11 is 0. The highest BCUT2D eigenvalue weighted by Gasteiger charge is 2.23. The number of rotatable bonds is 3. The lowest BCUT2D eigenvalue weighted by Gasteiger charge is -2.14. The number of hydrogen-bond acceptors (Lipinski definition) is 2. The number of hydrogen-bond donors (Lipinski definition) is 2. The minimum atomic E-state index is -0.834. The Morgan fingerprint density at radius 3 is 2.83 bits per heavy atom. The Morgan fingerprint density at radius 2 is 2.04 bits per heavy atom. The van der Waals surface area contributed by atoms with Gasteiger partial charge in [0, 0.05) is 23.3 Å². The summed E-state index contributed by atoms with van der Waals surface area (Å²) in [5, 5.41) is 10.6. The van der Waals surface area contributed by atoms with E-state index in [2.05, 4.69) is 16.0 Å². The zero-order chi connectivity index (χ0) is 15.8. The van der Waals surface area contributed by atoms with Crippen molar-refractivity contribution in [2.75, 3.05) is 0 Å². The molecule has 1 saturated carbocycles. The third-order valence-electron chi connectivity index (χ3n) is 4.84. The second-order valence-electron chi connectivity index (χ2n) is 6.19. The molecule has 1 aromatic carbocycles.